The zero-order chi connectivity index (χ0) is 17.4. The molecule has 23 heavy (non-hydrogen) atoms. The molecule has 0 heterocycles. The molecule has 5 nitrogen and oxygen atoms in total. The molecule has 0 aliphatic heterocycles. The van der Waals surface area contributed by atoms with Crippen LogP contribution in [0.3, 0.4) is 0 Å². The Bertz CT molecular complexity index is 509. The van der Waals surface area contributed by atoms with Gasteiger partial charge in [-0.1, -0.05) is 31.9 Å². The fourth-order valence-electron chi connectivity index (χ4n) is 4.38. The maximum absolute atomic E-state index is 12.6. The molecular weight excluding hydrogens is 294 g/mol. The third kappa shape index (κ3) is 3.16. The van der Waals surface area contributed by atoms with Crippen molar-refractivity contribution in [2.24, 2.45) is 23.2 Å². The summed E-state index contributed by atoms with van der Waals surface area (Å²) >= 11 is 0. The first-order valence-electron chi connectivity index (χ1n) is 8.29. The summed E-state index contributed by atoms with van der Waals surface area (Å²) in [5, 5.41) is 0. The number of allylic oxidation sites excluding steroid dienone is 1. The molecule has 4 atom stereocenters. The molecule has 5 heteroatoms. The van der Waals surface area contributed by atoms with Crippen molar-refractivity contribution in [1.82, 2.24) is 4.90 Å². The average molecular weight is 323 g/mol. The third-order valence-electron chi connectivity index (χ3n) is 5.58. The van der Waals surface area contributed by atoms with Crippen LogP contribution in [0.4, 0.5) is 0 Å². The zero-order valence-corrected chi connectivity index (χ0v) is 15.1. The van der Waals surface area contributed by atoms with E-state index >= 15 is 0 Å². The highest BCUT2D eigenvalue weighted by Gasteiger charge is 2.52. The van der Waals surface area contributed by atoms with E-state index in [0.29, 0.717) is 0 Å². The van der Waals surface area contributed by atoms with Crippen molar-refractivity contribution in [3.63, 3.8) is 0 Å². The van der Waals surface area contributed by atoms with Crippen LogP contribution in [0.15, 0.2) is 11.6 Å². The zero-order valence-electron chi connectivity index (χ0n) is 15.1. The maximum Gasteiger partial charge on any atom is 0.311 e. The first-order valence-corrected chi connectivity index (χ1v) is 8.29. The molecule has 1 saturated carbocycles. The summed E-state index contributed by atoms with van der Waals surface area (Å²) < 4.78 is 10.1. The Morgan fingerprint density at radius 2 is 1.70 bits per heavy atom. The van der Waals surface area contributed by atoms with Gasteiger partial charge in [-0.15, -0.1) is 0 Å². The number of fused-ring (bicyclic) bond motifs is 1. The standard InChI is InChI=1S/C18H29NO4/c1-18(2)9-7-8-11-12(18)10-13(19(3)4)15(17(21)23-6)14(11)16(20)22-5/h10-11,13-15H,7-9H2,1-6H3/t11-,13+,14+,15+/m0/s1. The Balaban J connectivity index is 2.58. The highest BCUT2D eigenvalue weighted by atomic mass is 16.5. The highest BCUT2D eigenvalue weighted by Crippen LogP contribution is 2.52. The minimum atomic E-state index is -0.523. The lowest BCUT2D eigenvalue weighted by Crippen LogP contribution is -2.53. The Labute approximate surface area is 139 Å². The summed E-state index contributed by atoms with van der Waals surface area (Å²) in [6, 6.07) is -0.157. The van der Waals surface area contributed by atoms with E-state index < -0.39 is 11.8 Å². The van der Waals surface area contributed by atoms with Crippen LogP contribution in [0, 0.1) is 23.2 Å². The van der Waals surface area contributed by atoms with Crippen LogP contribution in [0.5, 0.6) is 0 Å². The molecule has 0 radical (unpaired) electrons. The topological polar surface area (TPSA) is 55.8 Å². The van der Waals surface area contributed by atoms with Crippen LogP contribution in [0.25, 0.3) is 0 Å². The van der Waals surface area contributed by atoms with Crippen molar-refractivity contribution in [2.75, 3.05) is 28.3 Å². The highest BCUT2D eigenvalue weighted by molar-refractivity contribution is 5.84. The van der Waals surface area contributed by atoms with E-state index in [2.05, 4.69) is 19.9 Å². The summed E-state index contributed by atoms with van der Waals surface area (Å²) in [5.41, 5.74) is 1.34. The van der Waals surface area contributed by atoms with Crippen LogP contribution < -0.4 is 0 Å². The molecule has 0 spiro atoms. The maximum atomic E-state index is 12.6. The molecule has 2 rings (SSSR count). The van der Waals surface area contributed by atoms with Gasteiger partial charge >= 0.3 is 11.9 Å². The van der Waals surface area contributed by atoms with Crippen LogP contribution >= 0.6 is 0 Å². The minimum Gasteiger partial charge on any atom is -0.469 e. The number of carbonyl (C=O) groups is 2. The first kappa shape index (κ1) is 18.0. The largest absolute Gasteiger partial charge is 0.469 e. The van der Waals surface area contributed by atoms with Gasteiger partial charge < -0.3 is 14.4 Å². The second-order valence-electron chi connectivity index (χ2n) is 7.56. The number of rotatable bonds is 3. The number of carbonyl (C=O) groups excluding carboxylic acids is 2. The van der Waals surface area contributed by atoms with E-state index in [9.17, 15) is 9.59 Å². The lowest BCUT2D eigenvalue weighted by atomic mass is 9.57. The van der Waals surface area contributed by atoms with Crippen molar-refractivity contribution >= 4 is 11.9 Å². The molecule has 0 bridgehead atoms. The second-order valence-corrected chi connectivity index (χ2v) is 7.56. The number of likely N-dealkylation sites (N-methyl/N-ethyl adjacent to an activating group) is 1. The molecule has 0 aromatic heterocycles. The quantitative estimate of drug-likeness (QED) is 0.589. The van der Waals surface area contributed by atoms with Gasteiger partial charge in [-0.05, 0) is 38.3 Å². The molecular formula is C18H29NO4. The Hall–Kier alpha value is -1.36. The van der Waals surface area contributed by atoms with E-state index in [-0.39, 0.29) is 29.3 Å². The molecule has 0 unspecified atom stereocenters. The van der Waals surface area contributed by atoms with Gasteiger partial charge in [-0.3, -0.25) is 9.59 Å². The number of esters is 2. The second kappa shape index (κ2) is 6.63. The number of hydrogen-bond acceptors (Lipinski definition) is 5. The average Bonchev–Trinajstić information content (AvgIpc) is 2.51. The predicted molar refractivity (Wildman–Crippen MR) is 87.7 cm³/mol. The molecule has 0 amide bonds. The van der Waals surface area contributed by atoms with Crippen molar-refractivity contribution < 1.29 is 19.1 Å². The number of methoxy groups -OCH3 is 2. The Morgan fingerprint density at radius 1 is 1.13 bits per heavy atom. The molecule has 0 N–H and O–H groups in total. The van der Waals surface area contributed by atoms with Gasteiger partial charge in [0.1, 0.15) is 0 Å². The molecule has 1 fully saturated rings. The van der Waals surface area contributed by atoms with Crippen molar-refractivity contribution in [2.45, 2.75) is 39.2 Å². The lowest BCUT2D eigenvalue weighted by molar-refractivity contribution is -0.163. The van der Waals surface area contributed by atoms with Gasteiger partial charge in [0.2, 0.25) is 0 Å². The molecule has 2 aliphatic carbocycles. The molecule has 0 aromatic rings. The summed E-state index contributed by atoms with van der Waals surface area (Å²) in [6.07, 6.45) is 5.28. The fraction of sp³-hybridized carbons (Fsp3) is 0.778. The Morgan fingerprint density at radius 3 is 2.22 bits per heavy atom. The lowest BCUT2D eigenvalue weighted by Gasteiger charge is -2.49. The van der Waals surface area contributed by atoms with Crippen molar-refractivity contribution in [3.8, 4) is 0 Å². The normalized spacial score (nSPS) is 32.7. The third-order valence-corrected chi connectivity index (χ3v) is 5.58. The Kier molecular flexibility index (Phi) is 5.19. The van der Waals surface area contributed by atoms with Gasteiger partial charge in [-0.25, -0.2) is 0 Å². The van der Waals surface area contributed by atoms with Gasteiger partial charge in [0, 0.05) is 6.04 Å². The van der Waals surface area contributed by atoms with E-state index in [4.69, 9.17) is 9.47 Å². The van der Waals surface area contributed by atoms with Gasteiger partial charge in [0.05, 0.1) is 26.1 Å². The van der Waals surface area contributed by atoms with Crippen molar-refractivity contribution in [3.05, 3.63) is 11.6 Å². The van der Waals surface area contributed by atoms with E-state index in [0.717, 1.165) is 19.3 Å². The van der Waals surface area contributed by atoms with E-state index in [1.807, 2.05) is 19.0 Å². The molecule has 0 saturated heterocycles. The van der Waals surface area contributed by atoms with Gasteiger partial charge in [0.25, 0.3) is 0 Å². The van der Waals surface area contributed by atoms with E-state index in [1.54, 1.807) is 0 Å². The van der Waals surface area contributed by atoms with Crippen LogP contribution in [0.1, 0.15) is 33.1 Å². The van der Waals surface area contributed by atoms with Gasteiger partial charge in [0.15, 0.2) is 0 Å². The van der Waals surface area contributed by atoms with E-state index in [1.165, 1.54) is 19.8 Å². The molecule has 2 aliphatic rings. The smallest absolute Gasteiger partial charge is 0.311 e. The summed E-state index contributed by atoms with van der Waals surface area (Å²) in [4.78, 5) is 27.0. The molecule has 0 aromatic carbocycles. The van der Waals surface area contributed by atoms with Crippen LogP contribution in [-0.2, 0) is 19.1 Å². The summed E-state index contributed by atoms with van der Waals surface area (Å²) in [6.45, 7) is 4.45. The monoisotopic (exact) mass is 323 g/mol. The predicted octanol–water partition coefficient (Wildman–Crippen LogP) is 2.26. The summed E-state index contributed by atoms with van der Waals surface area (Å²) in [7, 11) is 6.64. The van der Waals surface area contributed by atoms with Gasteiger partial charge in [-0.2, -0.15) is 0 Å². The molecule has 130 valence electrons. The number of nitrogens with zero attached hydrogens (tertiary/aromatic N) is 1. The van der Waals surface area contributed by atoms with Crippen molar-refractivity contribution in [1.29, 1.82) is 0 Å². The summed E-state index contributed by atoms with van der Waals surface area (Å²) in [5.74, 6) is -1.57. The van der Waals surface area contributed by atoms with Crippen LogP contribution in [-0.4, -0.2) is 51.2 Å². The van der Waals surface area contributed by atoms with Crippen LogP contribution in [0.2, 0.25) is 0 Å². The SMILES string of the molecule is COC(=O)[C@H]1[C@H](C(=O)OC)[C@H]2CCCC(C)(C)C2=C[C@H]1N(C)C. The number of hydrogen-bond donors (Lipinski definition) is 0. The minimum absolute atomic E-state index is 0.0462. The number of ether oxygens (including phenoxy) is 2. The fourth-order valence-corrected chi connectivity index (χ4v) is 4.38. The first-order chi connectivity index (χ1) is 10.7.